The first-order valence-corrected chi connectivity index (χ1v) is 10.1. The summed E-state index contributed by atoms with van der Waals surface area (Å²) in [6.07, 6.45) is 0. The van der Waals surface area contributed by atoms with Crippen molar-refractivity contribution in [3.63, 3.8) is 0 Å². The molecule has 0 spiro atoms. The Morgan fingerprint density at radius 1 is 0.920 bits per heavy atom. The van der Waals surface area contributed by atoms with Gasteiger partial charge in [0.25, 0.3) is 0 Å². The summed E-state index contributed by atoms with van der Waals surface area (Å²) in [5.41, 5.74) is 2.58. The van der Waals surface area contributed by atoms with Crippen LogP contribution in [0, 0.1) is 0 Å². The van der Waals surface area contributed by atoms with Gasteiger partial charge in [-0.05, 0) is 23.8 Å². The minimum Gasteiger partial charge on any atom is -0.370 e. The number of hydrogen-bond donors (Lipinski definition) is 1. The van der Waals surface area contributed by atoms with Gasteiger partial charge in [-0.2, -0.15) is 13.1 Å². The monoisotopic (exact) mass is 367 g/mol. The van der Waals surface area contributed by atoms with Crippen molar-refractivity contribution in [2.45, 2.75) is 6.54 Å². The maximum Gasteiger partial charge on any atom is 0.382 e. The van der Waals surface area contributed by atoms with Crippen molar-refractivity contribution in [2.24, 2.45) is 0 Å². The fourth-order valence-electron chi connectivity index (χ4n) is 3.25. The van der Waals surface area contributed by atoms with E-state index in [0.29, 0.717) is 5.75 Å². The molecular formula is C19H13NO3S2. The summed E-state index contributed by atoms with van der Waals surface area (Å²) in [7, 11) is -3.74. The summed E-state index contributed by atoms with van der Waals surface area (Å²) in [6.45, 7) is 0.245. The quantitative estimate of drug-likeness (QED) is 0.541. The fourth-order valence-corrected chi connectivity index (χ4v) is 5.14. The van der Waals surface area contributed by atoms with E-state index in [1.165, 1.54) is 20.2 Å². The van der Waals surface area contributed by atoms with Gasteiger partial charge in [0.2, 0.25) is 0 Å². The van der Waals surface area contributed by atoms with E-state index in [1.54, 1.807) is 11.3 Å². The third-order valence-electron chi connectivity index (χ3n) is 4.42. The molecule has 1 aliphatic rings. The summed E-state index contributed by atoms with van der Waals surface area (Å²) in [5, 5.41) is 2.39. The zero-order valence-electron chi connectivity index (χ0n) is 13.0. The van der Waals surface area contributed by atoms with Crippen molar-refractivity contribution < 1.29 is 12.6 Å². The van der Waals surface area contributed by atoms with Gasteiger partial charge >= 0.3 is 10.3 Å². The third kappa shape index (κ3) is 2.41. The second-order valence-corrected chi connectivity index (χ2v) is 8.41. The molecule has 1 aliphatic heterocycles. The van der Waals surface area contributed by atoms with Crippen molar-refractivity contribution in [3.05, 3.63) is 66.2 Å². The van der Waals surface area contributed by atoms with Crippen molar-refractivity contribution in [2.75, 3.05) is 0 Å². The van der Waals surface area contributed by atoms with Crippen LogP contribution in [0.25, 0.3) is 31.3 Å². The summed E-state index contributed by atoms with van der Waals surface area (Å²) in [5.74, 6) is 0.417. The van der Waals surface area contributed by atoms with E-state index in [9.17, 15) is 8.42 Å². The van der Waals surface area contributed by atoms with Crippen LogP contribution in [-0.4, -0.2) is 8.42 Å². The van der Waals surface area contributed by atoms with Gasteiger partial charge in [0.1, 0.15) is 0 Å². The number of hydrogen-bond acceptors (Lipinski definition) is 4. The van der Waals surface area contributed by atoms with Crippen molar-refractivity contribution >= 4 is 41.8 Å². The molecule has 6 heteroatoms. The largest absolute Gasteiger partial charge is 0.382 e. The van der Waals surface area contributed by atoms with Crippen LogP contribution >= 0.6 is 11.3 Å². The van der Waals surface area contributed by atoms with E-state index in [1.807, 2.05) is 36.4 Å². The molecule has 0 fully saturated rings. The Kier molecular flexibility index (Phi) is 3.15. The maximum absolute atomic E-state index is 11.8. The zero-order valence-corrected chi connectivity index (χ0v) is 14.7. The second-order valence-electron chi connectivity index (χ2n) is 5.96. The molecule has 1 N–H and O–H groups in total. The predicted octanol–water partition coefficient (Wildman–Crippen LogP) is 4.45. The molecule has 0 saturated carbocycles. The molecule has 0 bridgehead atoms. The lowest BCUT2D eigenvalue weighted by Gasteiger charge is -2.20. The minimum atomic E-state index is -3.74. The highest BCUT2D eigenvalue weighted by atomic mass is 32.2. The number of rotatable bonds is 1. The van der Waals surface area contributed by atoms with Crippen LogP contribution in [0.3, 0.4) is 0 Å². The van der Waals surface area contributed by atoms with E-state index in [2.05, 4.69) is 29.0 Å². The first kappa shape index (κ1) is 14.9. The number of nitrogens with one attached hydrogen (secondary N) is 1. The SMILES string of the molecule is O=S1(=O)NCc2cccc(-c3ccc4sc5ccccc5c4c3)c2O1. The lowest BCUT2D eigenvalue weighted by Crippen LogP contribution is -2.32. The topological polar surface area (TPSA) is 55.4 Å². The minimum absolute atomic E-state index is 0.245. The number of thiophene rings is 1. The molecule has 2 heterocycles. The number of para-hydroxylation sites is 1. The van der Waals surface area contributed by atoms with Crippen LogP contribution in [0.2, 0.25) is 0 Å². The highest BCUT2D eigenvalue weighted by Gasteiger charge is 2.24. The Bertz CT molecular complexity index is 1240. The van der Waals surface area contributed by atoms with Crippen LogP contribution in [0.1, 0.15) is 5.56 Å². The van der Waals surface area contributed by atoms with Gasteiger partial charge in [0.05, 0.1) is 0 Å². The second kappa shape index (κ2) is 5.29. The van der Waals surface area contributed by atoms with Crippen LogP contribution in [-0.2, 0) is 16.8 Å². The van der Waals surface area contributed by atoms with Gasteiger partial charge in [-0.25, -0.2) is 0 Å². The van der Waals surface area contributed by atoms with Crippen LogP contribution in [0.4, 0.5) is 0 Å². The molecule has 25 heavy (non-hydrogen) atoms. The molecule has 4 aromatic rings. The van der Waals surface area contributed by atoms with Crippen LogP contribution in [0.5, 0.6) is 5.75 Å². The zero-order chi connectivity index (χ0) is 17.0. The lowest BCUT2D eigenvalue weighted by atomic mass is 9.99. The average Bonchev–Trinajstić information content (AvgIpc) is 2.98. The molecule has 0 unspecified atom stereocenters. The predicted molar refractivity (Wildman–Crippen MR) is 101 cm³/mol. The maximum atomic E-state index is 11.8. The molecule has 5 rings (SSSR count). The van der Waals surface area contributed by atoms with Gasteiger partial charge in [0, 0.05) is 37.8 Å². The van der Waals surface area contributed by atoms with E-state index in [0.717, 1.165) is 16.7 Å². The van der Waals surface area contributed by atoms with Crippen molar-refractivity contribution in [1.29, 1.82) is 0 Å². The summed E-state index contributed by atoms with van der Waals surface area (Å²) < 4.78 is 33.7. The van der Waals surface area contributed by atoms with Gasteiger partial charge in [-0.15, -0.1) is 11.3 Å². The summed E-state index contributed by atoms with van der Waals surface area (Å²) in [4.78, 5) is 0. The molecule has 0 saturated heterocycles. The van der Waals surface area contributed by atoms with Gasteiger partial charge in [-0.1, -0.05) is 42.5 Å². The third-order valence-corrected chi connectivity index (χ3v) is 6.45. The first-order valence-electron chi connectivity index (χ1n) is 7.83. The van der Waals surface area contributed by atoms with Gasteiger partial charge in [-0.3, -0.25) is 0 Å². The van der Waals surface area contributed by atoms with Crippen LogP contribution in [0.15, 0.2) is 60.7 Å². The molecule has 0 atom stereocenters. The Labute approximate surface area is 148 Å². The van der Waals surface area contributed by atoms with Gasteiger partial charge in [0.15, 0.2) is 5.75 Å². The van der Waals surface area contributed by atoms with E-state index >= 15 is 0 Å². The normalized spacial score (nSPS) is 15.8. The fraction of sp³-hybridized carbons (Fsp3) is 0.0526. The number of benzene rings is 3. The standard InChI is InChI=1S/C19H13NO3S2/c21-25(22)20-11-13-4-3-6-14(19(13)23-25)12-8-9-18-16(10-12)15-5-1-2-7-17(15)24-18/h1-10,20H,11H2. The lowest BCUT2D eigenvalue weighted by molar-refractivity contribution is 0.454. The Morgan fingerprint density at radius 2 is 1.76 bits per heavy atom. The first-order chi connectivity index (χ1) is 12.1. The summed E-state index contributed by atoms with van der Waals surface area (Å²) >= 11 is 1.76. The molecule has 124 valence electrons. The molecule has 0 radical (unpaired) electrons. The molecule has 3 aromatic carbocycles. The average molecular weight is 367 g/mol. The summed E-state index contributed by atoms with van der Waals surface area (Å²) in [6, 6.07) is 20.2. The molecule has 0 amide bonds. The van der Waals surface area contributed by atoms with E-state index in [-0.39, 0.29) is 6.54 Å². The molecule has 4 nitrogen and oxygen atoms in total. The van der Waals surface area contributed by atoms with Crippen LogP contribution < -0.4 is 8.91 Å². The van der Waals surface area contributed by atoms with Crippen molar-refractivity contribution in [3.8, 4) is 16.9 Å². The van der Waals surface area contributed by atoms with Gasteiger partial charge < -0.3 is 4.18 Å². The van der Waals surface area contributed by atoms with E-state index < -0.39 is 10.3 Å². The molecule has 0 aliphatic carbocycles. The highest BCUT2D eigenvalue weighted by Crippen LogP contribution is 2.40. The van der Waals surface area contributed by atoms with E-state index in [4.69, 9.17) is 4.18 Å². The Hall–Kier alpha value is -2.41. The Morgan fingerprint density at radius 3 is 2.68 bits per heavy atom. The number of fused-ring (bicyclic) bond motifs is 4. The molecular weight excluding hydrogens is 354 g/mol. The van der Waals surface area contributed by atoms with Crippen molar-refractivity contribution in [1.82, 2.24) is 4.72 Å². The Balaban J connectivity index is 1.76. The smallest absolute Gasteiger partial charge is 0.370 e. The highest BCUT2D eigenvalue weighted by molar-refractivity contribution is 7.85. The molecule has 1 aromatic heterocycles.